The van der Waals surface area contributed by atoms with Crippen molar-refractivity contribution in [3.05, 3.63) is 83.7 Å². The van der Waals surface area contributed by atoms with E-state index in [1.54, 1.807) is 17.8 Å². The fraction of sp³-hybridized carbons (Fsp3) is 0.200. The third-order valence-electron chi connectivity index (χ3n) is 4.87. The van der Waals surface area contributed by atoms with E-state index in [1.807, 2.05) is 56.3 Å². The number of para-hydroxylation sites is 1. The number of benzene rings is 2. The lowest BCUT2D eigenvalue weighted by atomic mass is 10.1. The summed E-state index contributed by atoms with van der Waals surface area (Å²) in [6.45, 7) is 3.54. The molecule has 0 radical (unpaired) electrons. The molecule has 0 saturated heterocycles. The van der Waals surface area contributed by atoms with Crippen LogP contribution in [0.1, 0.15) is 41.4 Å². The standard InChI is InChI=1S/C25H23N3O4S/c1-16(2)23-19-12-18(13-26-24(19)32-28-23)25(30)31-14-22(29)27-20-10-6-7-11-21(20)33-15-17-8-4-3-5-9-17/h3-13,16H,14-15H2,1-2H3,(H,27,29). The SMILES string of the molecule is CC(C)c1noc2ncc(C(=O)OCC(=O)Nc3ccccc3SCc3ccccc3)cc12. The minimum absolute atomic E-state index is 0.116. The van der Waals surface area contributed by atoms with Crippen LogP contribution in [0.2, 0.25) is 0 Å². The first kappa shape index (κ1) is 22.5. The van der Waals surface area contributed by atoms with E-state index in [4.69, 9.17) is 9.26 Å². The molecule has 4 rings (SSSR count). The number of fused-ring (bicyclic) bond motifs is 1. The van der Waals surface area contributed by atoms with Crippen molar-refractivity contribution in [2.75, 3.05) is 11.9 Å². The zero-order valence-electron chi connectivity index (χ0n) is 18.3. The predicted molar refractivity (Wildman–Crippen MR) is 127 cm³/mol. The van der Waals surface area contributed by atoms with Crippen LogP contribution in [0.15, 0.2) is 76.3 Å². The van der Waals surface area contributed by atoms with Crippen LogP contribution >= 0.6 is 11.8 Å². The highest BCUT2D eigenvalue weighted by Gasteiger charge is 2.17. The van der Waals surface area contributed by atoms with Crippen molar-refractivity contribution in [2.45, 2.75) is 30.4 Å². The molecule has 0 aliphatic rings. The number of rotatable bonds is 8. The van der Waals surface area contributed by atoms with Crippen molar-refractivity contribution >= 4 is 40.4 Å². The molecule has 0 saturated carbocycles. The molecule has 0 aliphatic carbocycles. The number of nitrogens with one attached hydrogen (secondary N) is 1. The van der Waals surface area contributed by atoms with Crippen molar-refractivity contribution in [2.24, 2.45) is 0 Å². The predicted octanol–water partition coefficient (Wildman–Crippen LogP) is 5.43. The minimum atomic E-state index is -0.637. The summed E-state index contributed by atoms with van der Waals surface area (Å²) in [5.41, 5.74) is 3.18. The maximum atomic E-state index is 12.5. The second-order valence-corrected chi connectivity index (χ2v) is 8.71. The van der Waals surface area contributed by atoms with Gasteiger partial charge in [-0.1, -0.05) is 61.5 Å². The van der Waals surface area contributed by atoms with Gasteiger partial charge in [0.2, 0.25) is 0 Å². The van der Waals surface area contributed by atoms with Gasteiger partial charge in [-0.15, -0.1) is 11.8 Å². The fourth-order valence-electron chi connectivity index (χ4n) is 3.21. The number of anilines is 1. The van der Waals surface area contributed by atoms with Gasteiger partial charge in [0.25, 0.3) is 11.6 Å². The second kappa shape index (κ2) is 10.3. The summed E-state index contributed by atoms with van der Waals surface area (Å²) >= 11 is 1.62. The lowest BCUT2D eigenvalue weighted by molar-refractivity contribution is -0.119. The quantitative estimate of drug-likeness (QED) is 0.276. The summed E-state index contributed by atoms with van der Waals surface area (Å²) in [6.07, 6.45) is 1.35. The Kier molecular flexibility index (Phi) is 7.04. The molecule has 2 aromatic carbocycles. The summed E-state index contributed by atoms with van der Waals surface area (Å²) < 4.78 is 10.4. The molecular formula is C25H23N3O4S. The number of hydrogen-bond donors (Lipinski definition) is 1. The van der Waals surface area contributed by atoms with E-state index >= 15 is 0 Å². The largest absolute Gasteiger partial charge is 0.452 e. The molecular weight excluding hydrogens is 438 g/mol. The summed E-state index contributed by atoms with van der Waals surface area (Å²) in [5.74, 6) is -0.163. The molecule has 2 heterocycles. The van der Waals surface area contributed by atoms with E-state index in [0.717, 1.165) is 16.3 Å². The Hall–Kier alpha value is -3.65. The van der Waals surface area contributed by atoms with Crippen LogP contribution in [-0.2, 0) is 15.3 Å². The van der Waals surface area contributed by atoms with E-state index in [9.17, 15) is 9.59 Å². The second-order valence-electron chi connectivity index (χ2n) is 7.69. The zero-order valence-corrected chi connectivity index (χ0v) is 19.1. The average Bonchev–Trinajstić information content (AvgIpc) is 3.26. The first-order valence-electron chi connectivity index (χ1n) is 10.5. The van der Waals surface area contributed by atoms with Gasteiger partial charge in [0, 0.05) is 16.8 Å². The molecule has 7 nitrogen and oxygen atoms in total. The van der Waals surface area contributed by atoms with Gasteiger partial charge in [-0.05, 0) is 29.7 Å². The Bertz CT molecular complexity index is 1270. The first-order valence-corrected chi connectivity index (χ1v) is 11.5. The lowest BCUT2D eigenvalue weighted by Crippen LogP contribution is -2.21. The van der Waals surface area contributed by atoms with Gasteiger partial charge in [0.15, 0.2) is 6.61 Å². The highest BCUT2D eigenvalue weighted by molar-refractivity contribution is 7.98. The Morgan fingerprint density at radius 1 is 1.09 bits per heavy atom. The topological polar surface area (TPSA) is 94.3 Å². The van der Waals surface area contributed by atoms with Crippen LogP contribution in [0, 0.1) is 0 Å². The molecule has 1 N–H and O–H groups in total. The number of esters is 1. The number of carbonyl (C=O) groups is 2. The lowest BCUT2D eigenvalue weighted by Gasteiger charge is -2.11. The molecule has 4 aromatic rings. The highest BCUT2D eigenvalue weighted by atomic mass is 32.2. The summed E-state index contributed by atoms with van der Waals surface area (Å²) in [4.78, 5) is 30.0. The monoisotopic (exact) mass is 461 g/mol. The third kappa shape index (κ3) is 5.59. The van der Waals surface area contributed by atoms with Crippen molar-refractivity contribution in [1.29, 1.82) is 0 Å². The molecule has 2 aromatic heterocycles. The number of aromatic nitrogens is 2. The van der Waals surface area contributed by atoms with Crippen LogP contribution < -0.4 is 5.32 Å². The number of pyridine rings is 1. The molecule has 8 heteroatoms. The van der Waals surface area contributed by atoms with Crippen LogP contribution in [0.3, 0.4) is 0 Å². The van der Waals surface area contributed by atoms with E-state index in [-0.39, 0.29) is 11.5 Å². The smallest absolute Gasteiger partial charge is 0.340 e. The summed E-state index contributed by atoms with van der Waals surface area (Å²) in [6, 6.07) is 19.3. The number of ether oxygens (including phenoxy) is 1. The van der Waals surface area contributed by atoms with Crippen LogP contribution in [0.4, 0.5) is 5.69 Å². The van der Waals surface area contributed by atoms with E-state index in [0.29, 0.717) is 16.8 Å². The number of thioether (sulfide) groups is 1. The Morgan fingerprint density at radius 2 is 1.85 bits per heavy atom. The van der Waals surface area contributed by atoms with Crippen molar-refractivity contribution < 1.29 is 18.8 Å². The molecule has 0 aliphatic heterocycles. The van der Waals surface area contributed by atoms with E-state index < -0.39 is 18.5 Å². The van der Waals surface area contributed by atoms with E-state index in [2.05, 4.69) is 27.6 Å². The summed E-state index contributed by atoms with van der Waals surface area (Å²) in [5, 5.41) is 7.49. The van der Waals surface area contributed by atoms with Crippen molar-refractivity contribution in [3.63, 3.8) is 0 Å². The molecule has 168 valence electrons. The van der Waals surface area contributed by atoms with Gasteiger partial charge < -0.3 is 14.6 Å². The third-order valence-corrected chi connectivity index (χ3v) is 6.02. The molecule has 0 atom stereocenters. The molecule has 0 spiro atoms. The number of amides is 1. The van der Waals surface area contributed by atoms with E-state index in [1.165, 1.54) is 11.8 Å². The number of carbonyl (C=O) groups excluding carboxylic acids is 2. The van der Waals surface area contributed by atoms with Gasteiger partial charge >= 0.3 is 5.97 Å². The number of hydrogen-bond acceptors (Lipinski definition) is 7. The first-order chi connectivity index (χ1) is 16.0. The fourth-order valence-corrected chi connectivity index (χ4v) is 4.17. The normalized spacial score (nSPS) is 11.0. The average molecular weight is 462 g/mol. The molecule has 0 bridgehead atoms. The molecule has 0 unspecified atom stereocenters. The Labute approximate surface area is 195 Å². The minimum Gasteiger partial charge on any atom is -0.452 e. The van der Waals surface area contributed by atoms with Crippen LogP contribution in [0.5, 0.6) is 0 Å². The van der Waals surface area contributed by atoms with Gasteiger partial charge in [-0.3, -0.25) is 4.79 Å². The number of nitrogens with zero attached hydrogens (tertiary/aromatic N) is 2. The Balaban J connectivity index is 1.36. The van der Waals surface area contributed by atoms with Crippen molar-refractivity contribution in [3.8, 4) is 0 Å². The molecule has 1 amide bonds. The van der Waals surface area contributed by atoms with Crippen LogP contribution in [-0.4, -0.2) is 28.6 Å². The van der Waals surface area contributed by atoms with Gasteiger partial charge in [0.1, 0.15) is 0 Å². The highest BCUT2D eigenvalue weighted by Crippen LogP contribution is 2.30. The van der Waals surface area contributed by atoms with Gasteiger partial charge in [0.05, 0.1) is 22.3 Å². The van der Waals surface area contributed by atoms with Gasteiger partial charge in [-0.2, -0.15) is 0 Å². The maximum Gasteiger partial charge on any atom is 0.340 e. The maximum absolute atomic E-state index is 12.5. The van der Waals surface area contributed by atoms with Crippen molar-refractivity contribution in [1.82, 2.24) is 10.1 Å². The van der Waals surface area contributed by atoms with Crippen LogP contribution in [0.25, 0.3) is 11.1 Å². The van der Waals surface area contributed by atoms with Gasteiger partial charge in [-0.25, -0.2) is 9.78 Å². The molecule has 0 fully saturated rings. The zero-order chi connectivity index (χ0) is 23.2. The Morgan fingerprint density at radius 3 is 2.64 bits per heavy atom. The molecule has 33 heavy (non-hydrogen) atoms. The summed E-state index contributed by atoms with van der Waals surface area (Å²) in [7, 11) is 0.